The molecule has 0 saturated heterocycles. The smallest absolute Gasteiger partial charge is 0.407 e. The summed E-state index contributed by atoms with van der Waals surface area (Å²) in [5.41, 5.74) is 0. The van der Waals surface area contributed by atoms with Gasteiger partial charge in [0.05, 0.1) is 39.6 Å². The van der Waals surface area contributed by atoms with Crippen LogP contribution in [0.1, 0.15) is 12.8 Å². The molecule has 26 heavy (non-hydrogen) atoms. The van der Waals surface area contributed by atoms with Gasteiger partial charge in [0, 0.05) is 27.4 Å². The van der Waals surface area contributed by atoms with E-state index in [9.17, 15) is 9.36 Å². The number of ether oxygens (including phenoxy) is 5. The third-order valence-electron chi connectivity index (χ3n) is 2.95. The lowest BCUT2D eigenvalue weighted by Gasteiger charge is -2.18. The number of methoxy groups -OCH3 is 2. The van der Waals surface area contributed by atoms with E-state index in [-0.39, 0.29) is 19.8 Å². The van der Waals surface area contributed by atoms with Crippen molar-refractivity contribution in [1.82, 2.24) is 5.32 Å². The maximum atomic E-state index is 11.7. The van der Waals surface area contributed by atoms with Gasteiger partial charge in [-0.3, -0.25) is 4.57 Å². The van der Waals surface area contributed by atoms with Crippen LogP contribution in [0.4, 0.5) is 4.79 Å². The average Bonchev–Trinajstić information content (AvgIpc) is 2.58. The molecule has 0 aliphatic heterocycles. The van der Waals surface area contributed by atoms with Crippen molar-refractivity contribution in [2.75, 3.05) is 73.7 Å². The van der Waals surface area contributed by atoms with Crippen LogP contribution in [-0.4, -0.2) is 90.8 Å². The third-order valence-corrected chi connectivity index (χ3v) is 3.61. The number of unbranched alkanes of at least 4 members (excludes halogenated alkanes) is 1. The second kappa shape index (κ2) is 16.4. The van der Waals surface area contributed by atoms with E-state index >= 15 is 0 Å². The van der Waals surface area contributed by atoms with Gasteiger partial charge in [-0.2, -0.15) is 0 Å². The Balaban J connectivity index is 3.85. The highest BCUT2D eigenvalue weighted by Crippen LogP contribution is 2.36. The molecule has 0 rings (SSSR count). The Labute approximate surface area is 154 Å². The van der Waals surface area contributed by atoms with E-state index in [4.69, 9.17) is 33.1 Å². The minimum absolute atomic E-state index is 0.0508. The predicted molar refractivity (Wildman–Crippen MR) is 94.6 cm³/mol. The predicted octanol–water partition coefficient (Wildman–Crippen LogP) is 1.02. The largest absolute Gasteiger partial charge is 0.447 e. The van der Waals surface area contributed by atoms with E-state index in [1.165, 1.54) is 0 Å². The SMILES string of the molecule is COCCOCC(COC(=O)NCCCCOP(C)(=O)O)OCCOC. The lowest BCUT2D eigenvalue weighted by Crippen LogP contribution is -2.33. The van der Waals surface area contributed by atoms with Gasteiger partial charge in [0.15, 0.2) is 0 Å². The Morgan fingerprint density at radius 3 is 2.38 bits per heavy atom. The van der Waals surface area contributed by atoms with E-state index in [0.717, 1.165) is 6.66 Å². The molecule has 0 aromatic carbocycles. The Morgan fingerprint density at radius 2 is 1.73 bits per heavy atom. The second-order valence-electron chi connectivity index (χ2n) is 5.42. The highest BCUT2D eigenvalue weighted by Gasteiger charge is 2.13. The summed E-state index contributed by atoms with van der Waals surface area (Å²) in [6.45, 7) is 3.69. The molecule has 2 atom stereocenters. The van der Waals surface area contributed by atoms with Crippen LogP contribution < -0.4 is 5.32 Å². The molecule has 0 fully saturated rings. The van der Waals surface area contributed by atoms with Crippen molar-refractivity contribution in [2.45, 2.75) is 18.9 Å². The molecular formula is C15H32NO9P. The molecule has 10 nitrogen and oxygen atoms in total. The number of carbonyl (C=O) groups excluding carboxylic acids is 1. The molecule has 0 aromatic rings. The number of amides is 1. The van der Waals surface area contributed by atoms with E-state index in [2.05, 4.69) is 5.32 Å². The monoisotopic (exact) mass is 401 g/mol. The molecule has 0 spiro atoms. The van der Waals surface area contributed by atoms with Crippen molar-refractivity contribution in [2.24, 2.45) is 0 Å². The maximum absolute atomic E-state index is 11.7. The van der Waals surface area contributed by atoms with Gasteiger partial charge >= 0.3 is 13.7 Å². The van der Waals surface area contributed by atoms with E-state index in [0.29, 0.717) is 45.8 Å². The lowest BCUT2D eigenvalue weighted by atomic mass is 10.3. The summed E-state index contributed by atoms with van der Waals surface area (Å²) in [7, 11) is -0.280. The fraction of sp³-hybridized carbons (Fsp3) is 0.933. The topological polar surface area (TPSA) is 122 Å². The van der Waals surface area contributed by atoms with Crippen molar-refractivity contribution < 1.29 is 42.5 Å². The molecule has 2 N–H and O–H groups in total. The fourth-order valence-electron chi connectivity index (χ4n) is 1.67. The van der Waals surface area contributed by atoms with Crippen molar-refractivity contribution >= 4 is 13.7 Å². The van der Waals surface area contributed by atoms with E-state index < -0.39 is 19.8 Å². The van der Waals surface area contributed by atoms with Crippen LogP contribution in [0, 0.1) is 0 Å². The first-order valence-corrected chi connectivity index (χ1v) is 10.4. The first-order valence-electron chi connectivity index (χ1n) is 8.41. The highest BCUT2D eigenvalue weighted by atomic mass is 31.2. The first-order chi connectivity index (χ1) is 12.4. The van der Waals surface area contributed by atoms with Crippen molar-refractivity contribution in [3.05, 3.63) is 0 Å². The summed E-state index contributed by atoms with van der Waals surface area (Å²) in [6.07, 6.45) is 0.188. The molecule has 0 saturated carbocycles. The van der Waals surface area contributed by atoms with Crippen LogP contribution in [0.15, 0.2) is 0 Å². The third kappa shape index (κ3) is 18.1. The van der Waals surface area contributed by atoms with Gasteiger partial charge < -0.3 is 38.4 Å². The van der Waals surface area contributed by atoms with Gasteiger partial charge in [-0.1, -0.05) is 0 Å². The zero-order chi connectivity index (χ0) is 19.7. The van der Waals surface area contributed by atoms with Crippen molar-refractivity contribution in [3.63, 3.8) is 0 Å². The van der Waals surface area contributed by atoms with Crippen LogP contribution in [0.5, 0.6) is 0 Å². The molecule has 11 heteroatoms. The molecule has 1 amide bonds. The summed E-state index contributed by atoms with van der Waals surface area (Å²) in [5.74, 6) is 0. The average molecular weight is 401 g/mol. The van der Waals surface area contributed by atoms with Crippen LogP contribution in [0.25, 0.3) is 0 Å². The molecule has 0 radical (unpaired) electrons. The van der Waals surface area contributed by atoms with Crippen LogP contribution in [-0.2, 0) is 32.8 Å². The molecule has 0 aliphatic carbocycles. The van der Waals surface area contributed by atoms with Crippen LogP contribution >= 0.6 is 7.60 Å². The van der Waals surface area contributed by atoms with E-state index in [1.807, 2.05) is 0 Å². The summed E-state index contributed by atoms with van der Waals surface area (Å²) in [4.78, 5) is 20.6. The number of carbonyl (C=O) groups is 1. The van der Waals surface area contributed by atoms with Gasteiger partial charge in [0.1, 0.15) is 12.7 Å². The second-order valence-corrected chi connectivity index (χ2v) is 7.29. The van der Waals surface area contributed by atoms with Gasteiger partial charge in [0.25, 0.3) is 0 Å². The molecule has 156 valence electrons. The highest BCUT2D eigenvalue weighted by molar-refractivity contribution is 7.51. The normalized spacial score (nSPS) is 14.6. The molecule has 2 unspecified atom stereocenters. The molecule has 0 heterocycles. The molecule has 0 aromatic heterocycles. The number of hydrogen-bond acceptors (Lipinski definition) is 8. The van der Waals surface area contributed by atoms with E-state index in [1.54, 1.807) is 14.2 Å². The molecule has 0 bridgehead atoms. The zero-order valence-electron chi connectivity index (χ0n) is 15.8. The van der Waals surface area contributed by atoms with Crippen LogP contribution in [0.3, 0.4) is 0 Å². The lowest BCUT2D eigenvalue weighted by molar-refractivity contribution is -0.0624. The fourth-order valence-corrected chi connectivity index (χ4v) is 2.14. The van der Waals surface area contributed by atoms with Crippen molar-refractivity contribution in [1.29, 1.82) is 0 Å². The number of hydrogen-bond donors (Lipinski definition) is 2. The quantitative estimate of drug-likeness (QED) is 0.272. The van der Waals surface area contributed by atoms with Crippen molar-refractivity contribution in [3.8, 4) is 0 Å². The first kappa shape index (κ1) is 25.3. The summed E-state index contributed by atoms with van der Waals surface area (Å²) in [5, 5.41) is 2.59. The van der Waals surface area contributed by atoms with Gasteiger partial charge in [-0.15, -0.1) is 0 Å². The Kier molecular flexibility index (Phi) is 16.0. The number of rotatable bonds is 17. The van der Waals surface area contributed by atoms with Gasteiger partial charge in [0.2, 0.25) is 0 Å². The summed E-state index contributed by atoms with van der Waals surface area (Å²) in [6, 6.07) is 0. The molecular weight excluding hydrogens is 369 g/mol. The Hall–Kier alpha value is -0.740. The molecule has 0 aliphatic rings. The van der Waals surface area contributed by atoms with Gasteiger partial charge in [-0.05, 0) is 12.8 Å². The number of nitrogens with one attached hydrogen (secondary N) is 1. The maximum Gasteiger partial charge on any atom is 0.407 e. The minimum Gasteiger partial charge on any atom is -0.447 e. The Bertz CT molecular complexity index is 391. The van der Waals surface area contributed by atoms with Crippen LogP contribution in [0.2, 0.25) is 0 Å². The minimum atomic E-state index is -3.44. The number of alkyl carbamates (subject to hydrolysis) is 1. The summed E-state index contributed by atoms with van der Waals surface area (Å²) < 4.78 is 41.5. The summed E-state index contributed by atoms with van der Waals surface area (Å²) >= 11 is 0. The zero-order valence-corrected chi connectivity index (χ0v) is 16.7. The standard InChI is InChI=1S/C15H32NO9P/c1-20-8-10-22-12-14(23-11-9-21-2)13-24-15(17)16-6-4-5-7-25-26(3,18)19/h14H,4-13H2,1-3H3,(H,16,17)(H,18,19). The van der Waals surface area contributed by atoms with Gasteiger partial charge in [-0.25, -0.2) is 4.79 Å². The Morgan fingerprint density at radius 1 is 1.04 bits per heavy atom.